The Morgan fingerprint density at radius 3 is 2.82 bits per heavy atom. The molecule has 0 aromatic rings. The monoisotopic (exact) mass is 311 g/mol. The molecule has 0 radical (unpaired) electrons. The van der Waals surface area contributed by atoms with Crippen molar-refractivity contribution in [3.05, 3.63) is 0 Å². The number of nitrogens with one attached hydrogen (secondary N) is 1. The van der Waals surface area contributed by atoms with Crippen molar-refractivity contribution in [2.45, 2.75) is 20.3 Å². The molecule has 2 aliphatic heterocycles. The average molecular weight is 311 g/mol. The second-order valence-corrected chi connectivity index (χ2v) is 7.10. The number of rotatable bonds is 6. The first-order valence-corrected chi connectivity index (χ1v) is 8.13. The van der Waals surface area contributed by atoms with Crippen LogP contribution >= 0.6 is 0 Å². The maximum absolute atomic E-state index is 13.0. The maximum atomic E-state index is 13.0. The van der Waals surface area contributed by atoms with Crippen molar-refractivity contribution in [1.29, 1.82) is 0 Å². The number of nitrogens with zero attached hydrogens (tertiary/aromatic N) is 2. The quantitative estimate of drug-likeness (QED) is 0.760. The number of hydrogen-bond donors (Lipinski definition) is 1. The molecule has 126 valence electrons. The summed E-state index contributed by atoms with van der Waals surface area (Å²) < 4.78 is 4.94. The zero-order valence-corrected chi connectivity index (χ0v) is 14.2. The Morgan fingerprint density at radius 2 is 2.18 bits per heavy atom. The Kier molecular flexibility index (Phi) is 5.45. The molecular formula is C16H29N3O3. The Hall–Kier alpha value is -1.14. The van der Waals surface area contributed by atoms with Crippen LogP contribution in [0.3, 0.4) is 0 Å². The van der Waals surface area contributed by atoms with Gasteiger partial charge in [0.15, 0.2) is 0 Å². The summed E-state index contributed by atoms with van der Waals surface area (Å²) in [5.41, 5.74) is -0.449. The number of carbonyl (C=O) groups excluding carboxylic acids is 2. The van der Waals surface area contributed by atoms with Crippen molar-refractivity contribution in [2.24, 2.45) is 17.3 Å². The molecule has 6 nitrogen and oxygen atoms in total. The minimum absolute atomic E-state index is 0.0195. The molecule has 0 bridgehead atoms. The standard InChI is InChI=1S/C16H29N3O3/c1-12(2)5-6-18(3)15(21)16-10-17-7-13(16)8-19(11-16)14(20)9-22-4/h12-13,17H,5-11H2,1-4H3/t13-,16-/m1/s1. The lowest BCUT2D eigenvalue weighted by Crippen LogP contribution is -2.49. The molecule has 2 rings (SSSR count). The molecule has 2 atom stereocenters. The number of ether oxygens (including phenoxy) is 1. The van der Waals surface area contributed by atoms with E-state index in [1.807, 2.05) is 11.9 Å². The van der Waals surface area contributed by atoms with Gasteiger partial charge in [0.25, 0.3) is 0 Å². The van der Waals surface area contributed by atoms with Crippen LogP contribution in [0.1, 0.15) is 20.3 Å². The summed E-state index contributed by atoms with van der Waals surface area (Å²) >= 11 is 0. The summed E-state index contributed by atoms with van der Waals surface area (Å²) in [4.78, 5) is 28.7. The van der Waals surface area contributed by atoms with Gasteiger partial charge in [0.1, 0.15) is 6.61 Å². The molecule has 6 heteroatoms. The van der Waals surface area contributed by atoms with E-state index in [1.54, 1.807) is 4.90 Å². The van der Waals surface area contributed by atoms with Crippen molar-refractivity contribution in [1.82, 2.24) is 15.1 Å². The van der Waals surface area contributed by atoms with Gasteiger partial charge < -0.3 is 19.9 Å². The lowest BCUT2D eigenvalue weighted by molar-refractivity contribution is -0.141. The van der Waals surface area contributed by atoms with Crippen LogP contribution in [0.15, 0.2) is 0 Å². The van der Waals surface area contributed by atoms with E-state index in [1.165, 1.54) is 7.11 Å². The molecule has 0 spiro atoms. The van der Waals surface area contributed by atoms with E-state index < -0.39 is 5.41 Å². The zero-order valence-electron chi connectivity index (χ0n) is 14.2. The minimum atomic E-state index is -0.449. The number of methoxy groups -OCH3 is 1. The number of carbonyl (C=O) groups is 2. The van der Waals surface area contributed by atoms with Gasteiger partial charge in [-0.15, -0.1) is 0 Å². The molecule has 0 aromatic carbocycles. The molecular weight excluding hydrogens is 282 g/mol. The van der Waals surface area contributed by atoms with Crippen molar-refractivity contribution in [3.63, 3.8) is 0 Å². The van der Waals surface area contributed by atoms with Gasteiger partial charge in [0, 0.05) is 52.8 Å². The van der Waals surface area contributed by atoms with E-state index in [9.17, 15) is 9.59 Å². The first-order chi connectivity index (χ1) is 10.4. The van der Waals surface area contributed by atoms with Crippen molar-refractivity contribution >= 4 is 11.8 Å². The Morgan fingerprint density at radius 1 is 1.45 bits per heavy atom. The summed E-state index contributed by atoms with van der Waals surface area (Å²) in [5, 5.41) is 3.34. The van der Waals surface area contributed by atoms with E-state index in [2.05, 4.69) is 19.2 Å². The van der Waals surface area contributed by atoms with E-state index in [4.69, 9.17) is 4.74 Å². The molecule has 0 saturated carbocycles. The molecule has 1 N–H and O–H groups in total. The maximum Gasteiger partial charge on any atom is 0.248 e. The van der Waals surface area contributed by atoms with E-state index in [0.717, 1.165) is 19.5 Å². The molecule has 2 saturated heterocycles. The average Bonchev–Trinajstić information content (AvgIpc) is 3.01. The van der Waals surface area contributed by atoms with Crippen LogP contribution in [0.4, 0.5) is 0 Å². The van der Waals surface area contributed by atoms with Gasteiger partial charge in [0.2, 0.25) is 11.8 Å². The fraction of sp³-hybridized carbons (Fsp3) is 0.875. The number of likely N-dealkylation sites (tertiary alicyclic amines) is 1. The lowest BCUT2D eigenvalue weighted by Gasteiger charge is -2.32. The minimum Gasteiger partial charge on any atom is -0.375 e. The lowest BCUT2D eigenvalue weighted by atomic mass is 9.79. The highest BCUT2D eigenvalue weighted by Gasteiger charge is 2.56. The number of amides is 2. The van der Waals surface area contributed by atoms with Gasteiger partial charge in [-0.2, -0.15) is 0 Å². The number of fused-ring (bicyclic) bond motifs is 1. The highest BCUT2D eigenvalue weighted by molar-refractivity contribution is 5.86. The molecule has 0 aromatic heterocycles. The van der Waals surface area contributed by atoms with Crippen molar-refractivity contribution in [2.75, 3.05) is 53.5 Å². The second kappa shape index (κ2) is 6.96. The molecule has 2 fully saturated rings. The third kappa shape index (κ3) is 3.27. The zero-order chi connectivity index (χ0) is 16.3. The fourth-order valence-electron chi connectivity index (χ4n) is 3.56. The van der Waals surface area contributed by atoms with Gasteiger partial charge in [0.05, 0.1) is 5.41 Å². The van der Waals surface area contributed by atoms with Crippen molar-refractivity contribution in [3.8, 4) is 0 Å². The van der Waals surface area contributed by atoms with Gasteiger partial charge in [-0.25, -0.2) is 0 Å². The largest absolute Gasteiger partial charge is 0.375 e. The van der Waals surface area contributed by atoms with Gasteiger partial charge in [-0.05, 0) is 12.3 Å². The first kappa shape index (κ1) is 17.2. The predicted molar refractivity (Wildman–Crippen MR) is 84.3 cm³/mol. The molecule has 22 heavy (non-hydrogen) atoms. The summed E-state index contributed by atoms with van der Waals surface area (Å²) in [7, 11) is 3.41. The SMILES string of the molecule is COCC(=O)N1C[C@H]2CNC[C@@]2(C(=O)N(C)CCC(C)C)C1. The van der Waals surface area contributed by atoms with Gasteiger partial charge in [-0.1, -0.05) is 13.8 Å². The summed E-state index contributed by atoms with van der Waals surface area (Å²) in [6.45, 7) is 7.83. The molecule has 2 aliphatic rings. The predicted octanol–water partition coefficient (Wildman–Crippen LogP) is 0.185. The number of hydrogen-bond acceptors (Lipinski definition) is 4. The van der Waals surface area contributed by atoms with Crippen LogP contribution in [0.25, 0.3) is 0 Å². The smallest absolute Gasteiger partial charge is 0.248 e. The van der Waals surface area contributed by atoms with Crippen LogP contribution in [0.2, 0.25) is 0 Å². The van der Waals surface area contributed by atoms with Crippen LogP contribution in [-0.4, -0.2) is 75.1 Å². The van der Waals surface area contributed by atoms with Crippen LogP contribution in [0, 0.1) is 17.3 Å². The van der Waals surface area contributed by atoms with Crippen LogP contribution < -0.4 is 5.32 Å². The Balaban J connectivity index is 2.06. The highest BCUT2D eigenvalue weighted by Crippen LogP contribution is 2.40. The van der Waals surface area contributed by atoms with Crippen molar-refractivity contribution < 1.29 is 14.3 Å². The molecule has 2 amide bonds. The van der Waals surface area contributed by atoms with Gasteiger partial charge >= 0.3 is 0 Å². The Labute approximate surface area is 133 Å². The summed E-state index contributed by atoms with van der Waals surface area (Å²) in [6.07, 6.45) is 1.00. The van der Waals surface area contributed by atoms with Crippen LogP contribution in [0.5, 0.6) is 0 Å². The fourth-order valence-corrected chi connectivity index (χ4v) is 3.56. The third-order valence-corrected chi connectivity index (χ3v) is 4.96. The highest BCUT2D eigenvalue weighted by atomic mass is 16.5. The normalized spacial score (nSPS) is 27.3. The first-order valence-electron chi connectivity index (χ1n) is 8.13. The topological polar surface area (TPSA) is 61.9 Å². The molecule has 0 unspecified atom stereocenters. The molecule has 0 aliphatic carbocycles. The second-order valence-electron chi connectivity index (χ2n) is 7.10. The third-order valence-electron chi connectivity index (χ3n) is 4.96. The van der Waals surface area contributed by atoms with Gasteiger partial charge in [-0.3, -0.25) is 9.59 Å². The van der Waals surface area contributed by atoms with Crippen LogP contribution in [-0.2, 0) is 14.3 Å². The Bertz CT molecular complexity index is 427. The summed E-state index contributed by atoms with van der Waals surface area (Å²) in [6, 6.07) is 0. The summed E-state index contributed by atoms with van der Waals surface area (Å²) in [5.74, 6) is 0.945. The van der Waals surface area contributed by atoms with E-state index >= 15 is 0 Å². The molecule has 2 heterocycles. The van der Waals surface area contributed by atoms with E-state index in [0.29, 0.717) is 25.6 Å². The van der Waals surface area contributed by atoms with E-state index in [-0.39, 0.29) is 24.3 Å².